The molecule has 0 aliphatic carbocycles. The van der Waals surface area contributed by atoms with E-state index in [1.54, 1.807) is 0 Å². The molecule has 0 aromatic heterocycles. The molecule has 1 aliphatic rings. The van der Waals surface area contributed by atoms with Crippen molar-refractivity contribution in [1.29, 1.82) is 0 Å². The van der Waals surface area contributed by atoms with Crippen LogP contribution in [-0.4, -0.2) is 25.3 Å². The Morgan fingerprint density at radius 2 is 1.68 bits per heavy atom. The average molecular weight is 314 g/mol. The zero-order chi connectivity index (χ0) is 15.6. The molecule has 1 aliphatic heterocycles. The Bertz CT molecular complexity index is 838. The van der Waals surface area contributed by atoms with Crippen molar-refractivity contribution in [1.82, 2.24) is 4.31 Å². The minimum atomic E-state index is -3.54. The van der Waals surface area contributed by atoms with E-state index in [-0.39, 0.29) is 4.90 Å². The van der Waals surface area contributed by atoms with Gasteiger partial charge in [0.2, 0.25) is 16.1 Å². The van der Waals surface area contributed by atoms with E-state index >= 15 is 0 Å². The first kappa shape index (κ1) is 14.7. The third-order valence-corrected chi connectivity index (χ3v) is 5.60. The van der Waals surface area contributed by atoms with E-state index in [0.717, 1.165) is 5.56 Å². The molecule has 0 bridgehead atoms. The molecule has 0 N–H and O–H groups in total. The van der Waals surface area contributed by atoms with Crippen LogP contribution in [0.25, 0.3) is 0 Å². The topological polar surface area (TPSA) is 66.8 Å². The number of isocyanates is 1. The fourth-order valence-corrected chi connectivity index (χ4v) is 3.99. The van der Waals surface area contributed by atoms with Crippen molar-refractivity contribution < 1.29 is 13.2 Å². The van der Waals surface area contributed by atoms with Crippen LogP contribution in [0.1, 0.15) is 11.1 Å². The minimum Gasteiger partial charge on any atom is -0.211 e. The van der Waals surface area contributed by atoms with Crippen molar-refractivity contribution in [2.24, 2.45) is 4.99 Å². The Hall–Kier alpha value is -2.27. The summed E-state index contributed by atoms with van der Waals surface area (Å²) in [4.78, 5) is 13.9. The van der Waals surface area contributed by atoms with E-state index in [4.69, 9.17) is 0 Å². The molecule has 0 unspecified atom stereocenters. The van der Waals surface area contributed by atoms with E-state index in [1.165, 1.54) is 40.2 Å². The molecule has 0 spiro atoms. The minimum absolute atomic E-state index is 0.205. The van der Waals surface area contributed by atoms with Gasteiger partial charge in [0.1, 0.15) is 0 Å². The van der Waals surface area contributed by atoms with Crippen LogP contribution in [0.4, 0.5) is 5.69 Å². The zero-order valence-corrected chi connectivity index (χ0v) is 12.6. The molecule has 3 rings (SSSR count). The first-order valence-corrected chi connectivity index (χ1v) is 8.30. The number of rotatable bonds is 3. The molecule has 5 nitrogen and oxygen atoms in total. The van der Waals surface area contributed by atoms with Crippen LogP contribution in [0.15, 0.2) is 58.4 Å². The summed E-state index contributed by atoms with van der Waals surface area (Å²) in [6, 6.07) is 13.8. The van der Waals surface area contributed by atoms with Gasteiger partial charge in [-0.2, -0.15) is 9.30 Å². The summed E-state index contributed by atoms with van der Waals surface area (Å²) in [5.74, 6) is 0. The molecular formula is C16H14N2O3S. The quantitative estimate of drug-likeness (QED) is 0.645. The Balaban J connectivity index is 1.89. The van der Waals surface area contributed by atoms with Crippen molar-refractivity contribution in [3.8, 4) is 0 Å². The number of sulfonamides is 1. The monoisotopic (exact) mass is 314 g/mol. The summed E-state index contributed by atoms with van der Waals surface area (Å²) in [5, 5.41) is 0. The predicted octanol–water partition coefficient (Wildman–Crippen LogP) is 2.40. The van der Waals surface area contributed by atoms with Crippen LogP contribution in [-0.2, 0) is 27.8 Å². The van der Waals surface area contributed by atoms with Crippen molar-refractivity contribution in [3.05, 3.63) is 59.7 Å². The van der Waals surface area contributed by atoms with Gasteiger partial charge in [-0.15, -0.1) is 0 Å². The molecule has 0 atom stereocenters. The highest BCUT2D eigenvalue weighted by molar-refractivity contribution is 7.89. The number of aliphatic imine (C=N–C) groups is 1. The molecule has 2 aromatic carbocycles. The van der Waals surface area contributed by atoms with E-state index in [0.29, 0.717) is 25.2 Å². The van der Waals surface area contributed by atoms with Crippen molar-refractivity contribution >= 4 is 21.8 Å². The third kappa shape index (κ3) is 2.72. The molecule has 0 amide bonds. The standard InChI is InChI=1S/C16H14N2O3S/c19-12-17-15-5-7-16(8-6-15)22(20,21)18-10-9-13-3-1-2-4-14(13)11-18/h1-8H,9-11H2. The summed E-state index contributed by atoms with van der Waals surface area (Å²) >= 11 is 0. The Morgan fingerprint density at radius 1 is 1.00 bits per heavy atom. The van der Waals surface area contributed by atoms with Crippen molar-refractivity contribution in [2.45, 2.75) is 17.9 Å². The predicted molar refractivity (Wildman–Crippen MR) is 82.0 cm³/mol. The van der Waals surface area contributed by atoms with Gasteiger partial charge >= 0.3 is 0 Å². The first-order valence-electron chi connectivity index (χ1n) is 6.86. The van der Waals surface area contributed by atoms with Gasteiger partial charge in [-0.1, -0.05) is 24.3 Å². The highest BCUT2D eigenvalue weighted by atomic mass is 32.2. The fourth-order valence-electron chi connectivity index (χ4n) is 2.57. The number of hydrogen-bond acceptors (Lipinski definition) is 4. The van der Waals surface area contributed by atoms with Crippen LogP contribution < -0.4 is 0 Å². The van der Waals surface area contributed by atoms with Crippen LogP contribution in [0.5, 0.6) is 0 Å². The average Bonchev–Trinajstić information content (AvgIpc) is 2.55. The van der Waals surface area contributed by atoms with Gasteiger partial charge in [-0.3, -0.25) is 0 Å². The van der Waals surface area contributed by atoms with Gasteiger partial charge in [-0.05, 0) is 41.8 Å². The van der Waals surface area contributed by atoms with Gasteiger partial charge in [0, 0.05) is 13.1 Å². The van der Waals surface area contributed by atoms with Gasteiger partial charge in [-0.25, -0.2) is 13.2 Å². The molecule has 0 radical (unpaired) electrons. The Morgan fingerprint density at radius 3 is 2.36 bits per heavy atom. The smallest absolute Gasteiger partial charge is 0.211 e. The highest BCUT2D eigenvalue weighted by Crippen LogP contribution is 2.25. The number of fused-ring (bicyclic) bond motifs is 1. The maximum Gasteiger partial charge on any atom is 0.243 e. The number of benzene rings is 2. The normalized spacial score (nSPS) is 14.9. The molecule has 22 heavy (non-hydrogen) atoms. The summed E-state index contributed by atoms with van der Waals surface area (Å²) in [5.41, 5.74) is 2.63. The van der Waals surface area contributed by atoms with E-state index in [1.807, 2.05) is 24.3 Å². The van der Waals surface area contributed by atoms with Gasteiger partial charge in [0.25, 0.3) is 0 Å². The second-order valence-electron chi connectivity index (χ2n) is 5.05. The largest absolute Gasteiger partial charge is 0.243 e. The van der Waals surface area contributed by atoms with E-state index < -0.39 is 10.0 Å². The van der Waals surface area contributed by atoms with Crippen LogP contribution >= 0.6 is 0 Å². The molecule has 0 saturated heterocycles. The lowest BCUT2D eigenvalue weighted by molar-refractivity contribution is 0.391. The molecule has 112 valence electrons. The summed E-state index contributed by atoms with van der Waals surface area (Å²) < 4.78 is 26.8. The van der Waals surface area contributed by atoms with Crippen LogP contribution in [0.2, 0.25) is 0 Å². The number of hydrogen-bond donors (Lipinski definition) is 0. The molecule has 0 saturated carbocycles. The van der Waals surface area contributed by atoms with Crippen LogP contribution in [0, 0.1) is 0 Å². The summed E-state index contributed by atoms with van der Waals surface area (Å²) in [7, 11) is -3.54. The zero-order valence-electron chi connectivity index (χ0n) is 11.8. The second-order valence-corrected chi connectivity index (χ2v) is 6.99. The van der Waals surface area contributed by atoms with Gasteiger partial charge in [0.05, 0.1) is 10.6 Å². The Labute approximate surface area is 129 Å². The lowest BCUT2D eigenvalue weighted by atomic mass is 10.0. The number of carbonyl (C=O) groups excluding carboxylic acids is 1. The lowest BCUT2D eigenvalue weighted by Gasteiger charge is -2.28. The first-order chi connectivity index (χ1) is 10.6. The maximum absolute atomic E-state index is 12.7. The maximum atomic E-state index is 12.7. The fraction of sp³-hybridized carbons (Fsp3) is 0.188. The Kier molecular flexibility index (Phi) is 3.90. The lowest BCUT2D eigenvalue weighted by Crippen LogP contribution is -2.35. The van der Waals surface area contributed by atoms with E-state index in [9.17, 15) is 13.2 Å². The molecule has 2 aromatic rings. The number of nitrogens with zero attached hydrogens (tertiary/aromatic N) is 2. The second kappa shape index (κ2) is 5.85. The van der Waals surface area contributed by atoms with Gasteiger partial charge < -0.3 is 0 Å². The SMILES string of the molecule is O=C=Nc1ccc(S(=O)(=O)N2CCc3ccccc3C2)cc1. The third-order valence-electron chi connectivity index (χ3n) is 3.74. The molecule has 0 fully saturated rings. The molecule has 6 heteroatoms. The van der Waals surface area contributed by atoms with Gasteiger partial charge in [0.15, 0.2) is 0 Å². The molecule has 1 heterocycles. The van der Waals surface area contributed by atoms with Crippen LogP contribution in [0.3, 0.4) is 0 Å². The summed E-state index contributed by atoms with van der Waals surface area (Å²) in [6.45, 7) is 0.848. The van der Waals surface area contributed by atoms with Crippen molar-refractivity contribution in [2.75, 3.05) is 6.54 Å². The highest BCUT2D eigenvalue weighted by Gasteiger charge is 2.27. The van der Waals surface area contributed by atoms with E-state index in [2.05, 4.69) is 4.99 Å². The molecular weight excluding hydrogens is 300 g/mol. The summed E-state index contributed by atoms with van der Waals surface area (Å²) in [6.07, 6.45) is 2.14. The van der Waals surface area contributed by atoms with Crippen molar-refractivity contribution in [3.63, 3.8) is 0 Å².